The molecular formula is C47H59N8O7P. The molecule has 2 aliphatic carbocycles. The van der Waals surface area contributed by atoms with Crippen molar-refractivity contribution in [2.45, 2.75) is 123 Å². The van der Waals surface area contributed by atoms with Gasteiger partial charge in [-0.25, -0.2) is 15.0 Å². The van der Waals surface area contributed by atoms with Crippen molar-refractivity contribution >= 4 is 48.3 Å². The summed E-state index contributed by atoms with van der Waals surface area (Å²) in [6, 6.07) is 14.0. The van der Waals surface area contributed by atoms with Crippen LogP contribution in [0.2, 0.25) is 0 Å². The molecule has 63 heavy (non-hydrogen) atoms. The Kier molecular flexibility index (Phi) is 15.5. The molecule has 2 atom stereocenters. The maximum Gasteiger partial charge on any atom is 0.381 e. The van der Waals surface area contributed by atoms with Crippen LogP contribution in [0.15, 0.2) is 73.3 Å². The Morgan fingerprint density at radius 2 is 1.10 bits per heavy atom. The summed E-state index contributed by atoms with van der Waals surface area (Å²) < 4.78 is 23.5. The zero-order chi connectivity index (χ0) is 44.3. The minimum absolute atomic E-state index is 0.0541. The van der Waals surface area contributed by atoms with E-state index in [-0.39, 0.29) is 48.1 Å². The Hall–Kier alpha value is -5.37. The molecule has 0 spiro atoms. The number of hydrogen-bond acceptors (Lipinski definition) is 11. The van der Waals surface area contributed by atoms with E-state index in [2.05, 4.69) is 30.6 Å². The fourth-order valence-electron chi connectivity index (χ4n) is 9.20. The summed E-state index contributed by atoms with van der Waals surface area (Å²) in [6.07, 6.45) is 18.7. The summed E-state index contributed by atoms with van der Waals surface area (Å²) >= 11 is 0. The van der Waals surface area contributed by atoms with E-state index in [9.17, 15) is 23.7 Å². The van der Waals surface area contributed by atoms with Gasteiger partial charge in [0.15, 0.2) is 17.1 Å². The quantitative estimate of drug-likeness (QED) is 0.110. The van der Waals surface area contributed by atoms with Crippen molar-refractivity contribution in [2.24, 2.45) is 11.8 Å². The molecule has 8 rings (SSSR count). The van der Waals surface area contributed by atoms with Crippen molar-refractivity contribution in [1.82, 2.24) is 29.7 Å². The molecule has 2 aliphatic heterocycles. The predicted molar refractivity (Wildman–Crippen MR) is 239 cm³/mol. The number of aryl methyl sites for hydroxylation is 1. The monoisotopic (exact) mass is 878 g/mol. The molecule has 2 aromatic carbocycles. The molecule has 2 aromatic heterocycles. The maximum atomic E-state index is 13.5. The molecule has 2 unspecified atom stereocenters. The molecule has 15 nitrogen and oxygen atoms in total. The van der Waals surface area contributed by atoms with E-state index in [1.165, 1.54) is 38.1 Å². The highest BCUT2D eigenvalue weighted by Gasteiger charge is 2.39. The number of nitrogens with zero attached hydrogens (tertiary/aromatic N) is 6. The summed E-state index contributed by atoms with van der Waals surface area (Å²) in [5.74, 6) is 0.873. The first kappa shape index (κ1) is 45.6. The van der Waals surface area contributed by atoms with Crippen molar-refractivity contribution in [2.75, 3.05) is 23.8 Å². The SMILES string of the molecule is CCOP(=O)(OCC)c1cnc(NC(=O)C(CC2CCCCC2)N2Cc3ccccc3C2=O)cn1.Cc1cnc(NC(=O)C(CC2CCCCC2)N2Cc3ccccc3C2=O)cn1. The molecule has 16 heteroatoms. The van der Waals surface area contributed by atoms with Crippen LogP contribution < -0.4 is 16.1 Å². The lowest BCUT2D eigenvalue weighted by molar-refractivity contribution is -0.122. The number of carbonyl (C=O) groups is 4. The van der Waals surface area contributed by atoms with E-state index >= 15 is 0 Å². The van der Waals surface area contributed by atoms with E-state index in [4.69, 9.17) is 9.05 Å². The van der Waals surface area contributed by atoms with Gasteiger partial charge in [-0.2, -0.15) is 0 Å². The van der Waals surface area contributed by atoms with Crippen molar-refractivity contribution in [1.29, 1.82) is 0 Å². The highest BCUT2D eigenvalue weighted by atomic mass is 31.2. The molecule has 4 aromatic rings. The molecular weight excluding hydrogens is 820 g/mol. The Morgan fingerprint density at radius 3 is 1.49 bits per heavy atom. The Labute approximate surface area is 369 Å². The number of nitrogens with one attached hydrogen (secondary N) is 2. The lowest BCUT2D eigenvalue weighted by Crippen LogP contribution is -2.45. The topological polar surface area (TPSA) is 186 Å². The van der Waals surface area contributed by atoms with Crippen LogP contribution in [0.1, 0.15) is 128 Å². The zero-order valence-corrected chi connectivity index (χ0v) is 37.4. The van der Waals surface area contributed by atoms with Crippen LogP contribution >= 0.6 is 7.60 Å². The zero-order valence-electron chi connectivity index (χ0n) is 36.5. The number of rotatable bonds is 15. The van der Waals surface area contributed by atoms with E-state index in [0.29, 0.717) is 54.7 Å². The summed E-state index contributed by atoms with van der Waals surface area (Å²) in [6.45, 7) is 6.59. The first-order chi connectivity index (χ1) is 30.6. The van der Waals surface area contributed by atoms with Crippen LogP contribution in [0.3, 0.4) is 0 Å². The van der Waals surface area contributed by atoms with Crippen LogP contribution in [0.4, 0.5) is 11.6 Å². The van der Waals surface area contributed by atoms with Gasteiger partial charge in [0, 0.05) is 24.2 Å². The van der Waals surface area contributed by atoms with Gasteiger partial charge in [-0.3, -0.25) is 28.7 Å². The number of amides is 4. The average Bonchev–Trinajstić information content (AvgIpc) is 3.82. The van der Waals surface area contributed by atoms with E-state index in [1.54, 1.807) is 36.0 Å². The van der Waals surface area contributed by atoms with Gasteiger partial charge >= 0.3 is 7.60 Å². The Morgan fingerprint density at radius 1 is 0.651 bits per heavy atom. The second-order valence-corrected chi connectivity index (χ2v) is 18.8. The minimum Gasteiger partial charge on any atom is -0.322 e. The third kappa shape index (κ3) is 11.2. The molecule has 2 saturated carbocycles. The van der Waals surface area contributed by atoms with Gasteiger partial charge in [0.2, 0.25) is 11.8 Å². The summed E-state index contributed by atoms with van der Waals surface area (Å²) in [5, 5.41) is 5.70. The first-order valence-electron chi connectivity index (χ1n) is 22.5. The standard InChI is InChI=1S/C25H33N4O5P.C22H26N4O2/c1-3-33-35(32,34-4-2)23-16-26-22(15-27-23)28-24(30)21(14-18-10-6-5-7-11-18)29-17-19-12-8-9-13-20(19)25(29)31;1-15-12-24-20(13-23-15)25-21(27)19(11-16-7-3-2-4-8-16)26-14-17-9-5-6-10-18(17)22(26)28/h8-9,12-13,15-16,18,21H,3-7,10-11,14,17H2,1-2H3,(H,26,28,30);5-6,9-10,12-13,16,19H,2-4,7-8,11,14H2,1H3,(H,24,25,27). The number of benzene rings is 2. The van der Waals surface area contributed by atoms with Crippen molar-refractivity contribution in [3.8, 4) is 0 Å². The number of fused-ring (bicyclic) bond motifs is 2. The van der Waals surface area contributed by atoms with Crippen LogP contribution in [-0.2, 0) is 36.3 Å². The molecule has 0 radical (unpaired) electrons. The maximum absolute atomic E-state index is 13.5. The van der Waals surface area contributed by atoms with Gasteiger partial charge in [0.1, 0.15) is 12.1 Å². The summed E-state index contributed by atoms with van der Waals surface area (Å²) in [5.41, 5.74) is 4.17. The van der Waals surface area contributed by atoms with Crippen LogP contribution in [0.25, 0.3) is 0 Å². The molecule has 0 bridgehead atoms. The van der Waals surface area contributed by atoms with E-state index in [1.807, 2.05) is 55.5 Å². The van der Waals surface area contributed by atoms with E-state index in [0.717, 1.165) is 55.3 Å². The number of anilines is 2. The largest absolute Gasteiger partial charge is 0.381 e. The third-order valence-corrected chi connectivity index (χ3v) is 14.4. The van der Waals surface area contributed by atoms with Gasteiger partial charge in [0.05, 0.1) is 43.7 Å². The predicted octanol–water partition coefficient (Wildman–Crippen LogP) is 8.02. The number of aromatic nitrogens is 4. The first-order valence-corrected chi connectivity index (χ1v) is 24.0. The van der Waals surface area contributed by atoms with Gasteiger partial charge in [0.25, 0.3) is 11.8 Å². The lowest BCUT2D eigenvalue weighted by Gasteiger charge is -2.31. The second kappa shape index (κ2) is 21.3. The molecule has 0 saturated heterocycles. The fraction of sp³-hybridized carbons (Fsp3) is 0.489. The van der Waals surface area contributed by atoms with Crippen molar-refractivity contribution in [3.05, 3.63) is 101 Å². The van der Waals surface area contributed by atoms with Crippen LogP contribution in [0.5, 0.6) is 0 Å². The van der Waals surface area contributed by atoms with Gasteiger partial charge in [-0.15, -0.1) is 0 Å². The minimum atomic E-state index is -3.57. The number of hydrogen-bond donors (Lipinski definition) is 2. The molecule has 334 valence electrons. The van der Waals surface area contributed by atoms with E-state index < -0.39 is 19.7 Å². The molecule has 2 N–H and O–H groups in total. The molecule has 4 heterocycles. The van der Waals surface area contributed by atoms with Crippen LogP contribution in [0, 0.1) is 18.8 Å². The van der Waals surface area contributed by atoms with Gasteiger partial charge < -0.3 is 29.5 Å². The highest BCUT2D eigenvalue weighted by molar-refractivity contribution is 7.61. The number of carbonyl (C=O) groups excluding carboxylic acids is 4. The fourth-order valence-corrected chi connectivity index (χ4v) is 10.6. The smallest absolute Gasteiger partial charge is 0.322 e. The highest BCUT2D eigenvalue weighted by Crippen LogP contribution is 2.46. The van der Waals surface area contributed by atoms with Crippen molar-refractivity contribution in [3.63, 3.8) is 0 Å². The lowest BCUT2D eigenvalue weighted by atomic mass is 9.84. The van der Waals surface area contributed by atoms with Crippen LogP contribution in [-0.4, -0.2) is 78.7 Å². The Bertz CT molecular complexity index is 2250. The van der Waals surface area contributed by atoms with Crippen molar-refractivity contribution < 1.29 is 32.8 Å². The molecule has 4 aliphatic rings. The third-order valence-electron chi connectivity index (χ3n) is 12.4. The average molecular weight is 879 g/mol. The molecule has 4 amide bonds. The summed E-state index contributed by atoms with van der Waals surface area (Å²) in [4.78, 5) is 73.1. The normalized spacial score (nSPS) is 17.6. The van der Waals surface area contributed by atoms with Gasteiger partial charge in [-0.05, 0) is 68.7 Å². The molecule has 2 fully saturated rings. The Balaban J connectivity index is 0.000000193. The summed E-state index contributed by atoms with van der Waals surface area (Å²) in [7, 11) is -3.57. The van der Waals surface area contributed by atoms with Gasteiger partial charge in [-0.1, -0.05) is 101 Å². The second-order valence-electron chi connectivity index (χ2n) is 16.8.